The quantitative estimate of drug-likeness (QED) is 0.840. The first-order valence-corrected chi connectivity index (χ1v) is 5.23. The molecule has 2 rings (SSSR count). The van der Waals surface area contributed by atoms with Gasteiger partial charge < -0.3 is 5.11 Å². The summed E-state index contributed by atoms with van der Waals surface area (Å²) in [6.45, 7) is 3.71. The van der Waals surface area contributed by atoms with Crippen LogP contribution in [0.3, 0.4) is 0 Å². The van der Waals surface area contributed by atoms with Gasteiger partial charge in [-0.1, -0.05) is 12.1 Å². The molecule has 7 heteroatoms. The minimum absolute atomic E-state index is 0.00393. The van der Waals surface area contributed by atoms with Crippen LogP contribution in [0.5, 0.6) is 0 Å². The van der Waals surface area contributed by atoms with E-state index in [4.69, 9.17) is 5.11 Å². The van der Waals surface area contributed by atoms with Gasteiger partial charge in [-0.2, -0.15) is 5.10 Å². The van der Waals surface area contributed by atoms with Gasteiger partial charge in [-0.3, -0.25) is 4.68 Å². The molecule has 0 radical (unpaired) electrons. The normalized spacial score (nSPS) is 10.8. The molecule has 0 saturated carbocycles. The Kier molecular flexibility index (Phi) is 2.66. The summed E-state index contributed by atoms with van der Waals surface area (Å²) in [4.78, 5) is 11.0. The molecule has 2 aromatic heterocycles. The van der Waals surface area contributed by atoms with Crippen molar-refractivity contribution >= 4 is 5.97 Å². The van der Waals surface area contributed by atoms with Crippen molar-refractivity contribution in [2.75, 3.05) is 0 Å². The summed E-state index contributed by atoms with van der Waals surface area (Å²) in [6, 6.07) is 0. The van der Waals surface area contributed by atoms with E-state index in [1.54, 1.807) is 17.9 Å². The molecule has 0 atom stereocenters. The van der Waals surface area contributed by atoms with Crippen molar-refractivity contribution < 1.29 is 9.90 Å². The van der Waals surface area contributed by atoms with E-state index in [9.17, 15) is 4.79 Å². The smallest absolute Gasteiger partial charge is 0.358 e. The highest BCUT2D eigenvalue weighted by Crippen LogP contribution is 2.16. The number of carbonyl (C=O) groups is 1. The van der Waals surface area contributed by atoms with E-state index in [2.05, 4.69) is 15.4 Å². The van der Waals surface area contributed by atoms with Crippen LogP contribution in [0, 0.1) is 6.92 Å². The van der Waals surface area contributed by atoms with E-state index in [1.165, 1.54) is 4.68 Å². The maximum Gasteiger partial charge on any atom is 0.358 e. The lowest BCUT2D eigenvalue weighted by Gasteiger charge is -2.02. The third-order valence-corrected chi connectivity index (χ3v) is 2.52. The Morgan fingerprint density at radius 1 is 1.53 bits per heavy atom. The van der Waals surface area contributed by atoms with Crippen molar-refractivity contribution in [3.8, 4) is 5.69 Å². The predicted molar refractivity (Wildman–Crippen MR) is 59.2 cm³/mol. The lowest BCUT2D eigenvalue weighted by molar-refractivity contribution is 0.0689. The standard InChI is InChI=1S/C10H13N5O2/c1-4-7-9(10(16)17)11-13-15(7)8-5-14(3)12-6(8)2/h5H,4H2,1-3H3,(H,16,17). The number of nitrogens with zero attached hydrogens (tertiary/aromatic N) is 5. The molecule has 2 aromatic rings. The van der Waals surface area contributed by atoms with Crippen LogP contribution >= 0.6 is 0 Å². The maximum absolute atomic E-state index is 11.0. The number of carboxylic acid groups (broad SMARTS) is 1. The first kappa shape index (κ1) is 11.3. The van der Waals surface area contributed by atoms with Gasteiger partial charge in [0.05, 0.1) is 17.6 Å². The summed E-state index contributed by atoms with van der Waals surface area (Å²) >= 11 is 0. The second-order valence-electron chi connectivity index (χ2n) is 3.73. The molecule has 0 unspecified atom stereocenters. The molecule has 0 spiro atoms. The summed E-state index contributed by atoms with van der Waals surface area (Å²) in [6.07, 6.45) is 2.33. The Bertz CT molecular complexity index is 569. The van der Waals surface area contributed by atoms with Crippen LogP contribution in [0.2, 0.25) is 0 Å². The summed E-state index contributed by atoms with van der Waals surface area (Å²) in [5, 5.41) is 20.8. The summed E-state index contributed by atoms with van der Waals surface area (Å²) < 4.78 is 3.19. The molecule has 1 N–H and O–H groups in total. The molecular formula is C10H13N5O2. The van der Waals surface area contributed by atoms with E-state index in [0.29, 0.717) is 12.1 Å². The fourth-order valence-electron chi connectivity index (χ4n) is 1.77. The monoisotopic (exact) mass is 235 g/mol. The lowest BCUT2D eigenvalue weighted by Crippen LogP contribution is -2.06. The first-order valence-electron chi connectivity index (χ1n) is 5.23. The SMILES string of the molecule is CCc1c(C(=O)O)nnn1-c1cn(C)nc1C. The van der Waals surface area contributed by atoms with Crippen LogP contribution in [0.4, 0.5) is 0 Å². The van der Waals surface area contributed by atoms with Crippen molar-refractivity contribution in [3.63, 3.8) is 0 Å². The zero-order valence-corrected chi connectivity index (χ0v) is 9.88. The Labute approximate surface area is 97.7 Å². The average Bonchev–Trinajstić information content (AvgIpc) is 2.80. The minimum Gasteiger partial charge on any atom is -0.476 e. The summed E-state index contributed by atoms with van der Waals surface area (Å²) in [7, 11) is 1.80. The first-order chi connectivity index (χ1) is 8.04. The van der Waals surface area contributed by atoms with Gasteiger partial charge >= 0.3 is 5.97 Å². The highest BCUT2D eigenvalue weighted by Gasteiger charge is 2.20. The molecule has 2 heterocycles. The fourth-order valence-corrected chi connectivity index (χ4v) is 1.77. The van der Waals surface area contributed by atoms with Crippen LogP contribution in [0.1, 0.15) is 28.8 Å². The van der Waals surface area contributed by atoms with Gasteiger partial charge in [0.2, 0.25) is 0 Å². The molecule has 0 aliphatic rings. The van der Waals surface area contributed by atoms with E-state index in [1.807, 2.05) is 13.8 Å². The van der Waals surface area contributed by atoms with Crippen LogP contribution in [-0.2, 0) is 13.5 Å². The molecular weight excluding hydrogens is 222 g/mol. The largest absolute Gasteiger partial charge is 0.476 e. The van der Waals surface area contributed by atoms with Crippen LogP contribution in [0.25, 0.3) is 5.69 Å². The van der Waals surface area contributed by atoms with Crippen molar-refractivity contribution in [1.29, 1.82) is 0 Å². The number of hydrogen-bond donors (Lipinski definition) is 1. The van der Waals surface area contributed by atoms with E-state index in [0.717, 1.165) is 11.4 Å². The van der Waals surface area contributed by atoms with Gasteiger partial charge in [-0.15, -0.1) is 5.10 Å². The number of carboxylic acids is 1. The molecule has 7 nitrogen and oxygen atoms in total. The Hall–Kier alpha value is -2.18. The second-order valence-corrected chi connectivity index (χ2v) is 3.73. The number of rotatable bonds is 3. The highest BCUT2D eigenvalue weighted by atomic mass is 16.4. The molecule has 0 aliphatic carbocycles. The third kappa shape index (κ3) is 1.79. The van der Waals surface area contributed by atoms with Crippen molar-refractivity contribution in [2.24, 2.45) is 7.05 Å². The Morgan fingerprint density at radius 3 is 2.71 bits per heavy atom. The molecule has 17 heavy (non-hydrogen) atoms. The van der Waals surface area contributed by atoms with Gasteiger partial charge in [0.1, 0.15) is 5.69 Å². The maximum atomic E-state index is 11.0. The Morgan fingerprint density at radius 2 is 2.24 bits per heavy atom. The molecule has 0 saturated heterocycles. The van der Waals surface area contributed by atoms with Gasteiger partial charge in [0.25, 0.3) is 0 Å². The van der Waals surface area contributed by atoms with Crippen LogP contribution < -0.4 is 0 Å². The fraction of sp³-hybridized carbons (Fsp3) is 0.400. The molecule has 90 valence electrons. The van der Waals surface area contributed by atoms with Crippen LogP contribution in [-0.4, -0.2) is 35.9 Å². The van der Waals surface area contributed by atoms with Gasteiger partial charge in [0.15, 0.2) is 5.69 Å². The zero-order valence-electron chi connectivity index (χ0n) is 9.88. The zero-order chi connectivity index (χ0) is 12.6. The van der Waals surface area contributed by atoms with Gasteiger partial charge in [-0.25, -0.2) is 9.48 Å². The number of aromatic carboxylic acids is 1. The van der Waals surface area contributed by atoms with Crippen LogP contribution in [0.15, 0.2) is 6.20 Å². The summed E-state index contributed by atoms with van der Waals surface area (Å²) in [5.74, 6) is -1.06. The predicted octanol–water partition coefficient (Wildman–Crippen LogP) is 0.570. The minimum atomic E-state index is -1.06. The molecule has 0 fully saturated rings. The van der Waals surface area contributed by atoms with E-state index >= 15 is 0 Å². The number of aromatic nitrogens is 5. The molecule has 0 aliphatic heterocycles. The Balaban J connectivity index is 2.60. The van der Waals surface area contributed by atoms with Gasteiger partial charge in [0, 0.05) is 7.05 Å². The highest BCUT2D eigenvalue weighted by molar-refractivity contribution is 5.86. The van der Waals surface area contributed by atoms with Gasteiger partial charge in [-0.05, 0) is 13.3 Å². The van der Waals surface area contributed by atoms with Crippen molar-refractivity contribution in [1.82, 2.24) is 24.8 Å². The number of aryl methyl sites for hydroxylation is 2. The summed E-state index contributed by atoms with van der Waals surface area (Å²) in [5.41, 5.74) is 2.11. The number of hydrogen-bond acceptors (Lipinski definition) is 4. The molecule has 0 bridgehead atoms. The lowest BCUT2D eigenvalue weighted by atomic mass is 10.2. The topological polar surface area (TPSA) is 85.8 Å². The van der Waals surface area contributed by atoms with Crippen molar-refractivity contribution in [3.05, 3.63) is 23.3 Å². The van der Waals surface area contributed by atoms with E-state index < -0.39 is 5.97 Å². The second kappa shape index (κ2) is 4.00. The van der Waals surface area contributed by atoms with Crippen molar-refractivity contribution in [2.45, 2.75) is 20.3 Å². The van der Waals surface area contributed by atoms with E-state index in [-0.39, 0.29) is 5.69 Å². The molecule has 0 aromatic carbocycles. The average molecular weight is 235 g/mol. The third-order valence-electron chi connectivity index (χ3n) is 2.52. The molecule has 0 amide bonds.